The second-order valence-corrected chi connectivity index (χ2v) is 7.17. The van der Waals surface area contributed by atoms with E-state index in [4.69, 9.17) is 0 Å². The standard InChI is InChI=1S/C24H21FN4O2/c1-29-22(27-24(31)18-8-5-9-19(25)14-18)15-21(28-29)16-10-12-20(13-11-16)26-23(30)17-6-3-2-4-7-17/h3,5-15H,2,4H2,1H3,(H,26,30)(H,27,31). The van der Waals surface area contributed by atoms with Gasteiger partial charge in [-0.1, -0.05) is 36.4 Å². The Hall–Kier alpha value is -4.00. The smallest absolute Gasteiger partial charge is 0.256 e. The van der Waals surface area contributed by atoms with E-state index in [1.165, 1.54) is 18.2 Å². The van der Waals surface area contributed by atoms with Gasteiger partial charge in [-0.25, -0.2) is 4.39 Å². The van der Waals surface area contributed by atoms with Gasteiger partial charge in [-0.2, -0.15) is 5.10 Å². The minimum Gasteiger partial charge on any atom is -0.322 e. The molecule has 0 saturated heterocycles. The van der Waals surface area contributed by atoms with Gasteiger partial charge in [0, 0.05) is 35.5 Å². The number of benzene rings is 2. The highest BCUT2D eigenvalue weighted by Gasteiger charge is 2.13. The topological polar surface area (TPSA) is 76.0 Å². The van der Waals surface area contributed by atoms with E-state index in [-0.39, 0.29) is 11.5 Å². The summed E-state index contributed by atoms with van der Waals surface area (Å²) in [7, 11) is 1.71. The molecule has 2 N–H and O–H groups in total. The molecule has 2 amide bonds. The normalized spacial score (nSPS) is 12.9. The van der Waals surface area contributed by atoms with E-state index < -0.39 is 11.7 Å². The highest BCUT2D eigenvalue weighted by molar-refractivity contribution is 6.06. The number of rotatable bonds is 5. The van der Waals surface area contributed by atoms with Crippen molar-refractivity contribution in [3.05, 3.63) is 89.8 Å². The van der Waals surface area contributed by atoms with Gasteiger partial charge in [0.15, 0.2) is 0 Å². The summed E-state index contributed by atoms with van der Waals surface area (Å²) in [5.41, 5.74) is 3.07. The number of nitrogens with one attached hydrogen (secondary N) is 2. The Balaban J connectivity index is 1.45. The predicted molar refractivity (Wildman–Crippen MR) is 118 cm³/mol. The van der Waals surface area contributed by atoms with Crippen molar-refractivity contribution in [1.29, 1.82) is 0 Å². The van der Waals surface area contributed by atoms with Gasteiger partial charge in [-0.3, -0.25) is 14.3 Å². The van der Waals surface area contributed by atoms with Gasteiger partial charge in [-0.05, 0) is 43.2 Å². The van der Waals surface area contributed by atoms with E-state index in [0.717, 1.165) is 18.4 Å². The van der Waals surface area contributed by atoms with Crippen LogP contribution in [0.5, 0.6) is 0 Å². The van der Waals surface area contributed by atoms with Gasteiger partial charge in [0.2, 0.25) is 0 Å². The fourth-order valence-electron chi connectivity index (χ4n) is 3.25. The number of allylic oxidation sites excluding steroid dienone is 2. The summed E-state index contributed by atoms with van der Waals surface area (Å²) in [5.74, 6) is -0.541. The first kappa shape index (κ1) is 20.3. The molecule has 0 radical (unpaired) electrons. The highest BCUT2D eigenvalue weighted by atomic mass is 19.1. The Bertz CT molecular complexity index is 1190. The van der Waals surface area contributed by atoms with E-state index in [1.807, 2.05) is 30.4 Å². The molecule has 1 heterocycles. The third-order valence-electron chi connectivity index (χ3n) is 4.90. The van der Waals surface area contributed by atoms with Crippen LogP contribution in [0.4, 0.5) is 15.9 Å². The molecular formula is C24H21FN4O2. The number of carbonyl (C=O) groups is 2. The molecule has 2 aromatic carbocycles. The third kappa shape index (κ3) is 4.78. The molecule has 156 valence electrons. The SMILES string of the molecule is Cn1nc(-c2ccc(NC(=O)C3=CCCC=C3)cc2)cc1NC(=O)c1cccc(F)c1. The number of nitrogens with zero attached hydrogens (tertiary/aromatic N) is 2. The first-order chi connectivity index (χ1) is 15.0. The molecule has 0 unspecified atom stereocenters. The lowest BCUT2D eigenvalue weighted by molar-refractivity contribution is -0.112. The zero-order valence-electron chi connectivity index (χ0n) is 16.9. The molecule has 0 spiro atoms. The van der Waals surface area contributed by atoms with Gasteiger partial charge in [-0.15, -0.1) is 0 Å². The zero-order chi connectivity index (χ0) is 21.8. The van der Waals surface area contributed by atoms with Crippen molar-refractivity contribution in [1.82, 2.24) is 9.78 Å². The van der Waals surface area contributed by atoms with Gasteiger partial charge in [0.1, 0.15) is 11.6 Å². The summed E-state index contributed by atoms with van der Waals surface area (Å²) >= 11 is 0. The van der Waals surface area contributed by atoms with Crippen LogP contribution in [0.1, 0.15) is 23.2 Å². The maximum atomic E-state index is 13.4. The average Bonchev–Trinajstić information content (AvgIpc) is 3.15. The van der Waals surface area contributed by atoms with Crippen LogP contribution in [0.25, 0.3) is 11.3 Å². The van der Waals surface area contributed by atoms with Crippen LogP contribution in [0.2, 0.25) is 0 Å². The van der Waals surface area contributed by atoms with Crippen molar-refractivity contribution in [3.63, 3.8) is 0 Å². The second kappa shape index (κ2) is 8.79. The van der Waals surface area contributed by atoms with Crippen LogP contribution in [0.3, 0.4) is 0 Å². The van der Waals surface area contributed by atoms with Crippen LogP contribution in [-0.4, -0.2) is 21.6 Å². The molecule has 0 fully saturated rings. The summed E-state index contributed by atoms with van der Waals surface area (Å²) in [4.78, 5) is 24.7. The molecule has 1 aromatic heterocycles. The number of halogens is 1. The maximum Gasteiger partial charge on any atom is 0.256 e. The molecule has 0 aliphatic heterocycles. The van der Waals surface area contributed by atoms with Crippen molar-refractivity contribution in [3.8, 4) is 11.3 Å². The monoisotopic (exact) mass is 416 g/mol. The van der Waals surface area contributed by atoms with Gasteiger partial charge in [0.05, 0.1) is 5.69 Å². The summed E-state index contributed by atoms with van der Waals surface area (Å²) in [5, 5.41) is 10.1. The van der Waals surface area contributed by atoms with Crippen LogP contribution in [0.15, 0.2) is 78.4 Å². The predicted octanol–water partition coefficient (Wildman–Crippen LogP) is 4.69. The van der Waals surface area contributed by atoms with E-state index in [9.17, 15) is 14.0 Å². The fourth-order valence-corrected chi connectivity index (χ4v) is 3.25. The Morgan fingerprint density at radius 2 is 1.81 bits per heavy atom. The minimum absolute atomic E-state index is 0.135. The molecule has 31 heavy (non-hydrogen) atoms. The van der Waals surface area contributed by atoms with Crippen molar-refractivity contribution in [2.75, 3.05) is 10.6 Å². The third-order valence-corrected chi connectivity index (χ3v) is 4.90. The summed E-state index contributed by atoms with van der Waals surface area (Å²) in [6.07, 6.45) is 7.58. The van der Waals surface area contributed by atoms with Crippen LogP contribution in [0, 0.1) is 5.82 Å². The highest BCUT2D eigenvalue weighted by Crippen LogP contribution is 2.24. The molecule has 1 aliphatic rings. The van der Waals surface area contributed by atoms with Crippen LogP contribution in [-0.2, 0) is 11.8 Å². The molecule has 0 saturated carbocycles. The molecule has 6 nitrogen and oxygen atoms in total. The number of carbonyl (C=O) groups excluding carboxylic acids is 2. The number of anilines is 2. The maximum absolute atomic E-state index is 13.4. The van der Waals surface area contributed by atoms with Crippen molar-refractivity contribution in [2.24, 2.45) is 7.05 Å². The fraction of sp³-hybridized carbons (Fsp3) is 0.125. The lowest BCUT2D eigenvalue weighted by atomic mass is 10.1. The number of amides is 2. The molecule has 0 bridgehead atoms. The Labute approximate surface area is 179 Å². The summed E-state index contributed by atoms with van der Waals surface area (Å²) < 4.78 is 14.9. The molecule has 4 rings (SSSR count). The van der Waals surface area contributed by atoms with E-state index in [1.54, 1.807) is 36.0 Å². The zero-order valence-corrected chi connectivity index (χ0v) is 16.9. The lowest BCUT2D eigenvalue weighted by Gasteiger charge is -2.08. The number of hydrogen-bond acceptors (Lipinski definition) is 3. The Morgan fingerprint density at radius 1 is 1.00 bits per heavy atom. The quantitative estimate of drug-likeness (QED) is 0.633. The Kier molecular flexibility index (Phi) is 5.75. The van der Waals surface area contributed by atoms with Gasteiger partial charge in [0.25, 0.3) is 11.8 Å². The average molecular weight is 416 g/mol. The molecular weight excluding hydrogens is 395 g/mol. The van der Waals surface area contributed by atoms with Crippen molar-refractivity contribution < 1.29 is 14.0 Å². The van der Waals surface area contributed by atoms with Crippen molar-refractivity contribution in [2.45, 2.75) is 12.8 Å². The van der Waals surface area contributed by atoms with Gasteiger partial charge >= 0.3 is 0 Å². The molecule has 3 aromatic rings. The summed E-state index contributed by atoms with van der Waals surface area (Å²) in [6, 6.07) is 14.5. The number of hydrogen-bond donors (Lipinski definition) is 2. The minimum atomic E-state index is -0.471. The van der Waals surface area contributed by atoms with Crippen LogP contribution >= 0.6 is 0 Å². The van der Waals surface area contributed by atoms with Gasteiger partial charge < -0.3 is 10.6 Å². The van der Waals surface area contributed by atoms with Crippen molar-refractivity contribution >= 4 is 23.3 Å². The lowest BCUT2D eigenvalue weighted by Crippen LogP contribution is -2.14. The first-order valence-corrected chi connectivity index (χ1v) is 9.89. The molecule has 0 atom stereocenters. The largest absolute Gasteiger partial charge is 0.322 e. The molecule has 1 aliphatic carbocycles. The molecule has 7 heteroatoms. The number of aryl methyl sites for hydroxylation is 1. The van der Waals surface area contributed by atoms with E-state index in [0.29, 0.717) is 22.8 Å². The Morgan fingerprint density at radius 3 is 2.52 bits per heavy atom. The summed E-state index contributed by atoms with van der Waals surface area (Å²) in [6.45, 7) is 0. The van der Waals surface area contributed by atoms with E-state index in [2.05, 4.69) is 15.7 Å². The second-order valence-electron chi connectivity index (χ2n) is 7.17. The first-order valence-electron chi connectivity index (χ1n) is 9.89. The number of aromatic nitrogens is 2. The van der Waals surface area contributed by atoms with Crippen LogP contribution < -0.4 is 10.6 Å². The van der Waals surface area contributed by atoms with E-state index >= 15 is 0 Å².